The highest BCUT2D eigenvalue weighted by molar-refractivity contribution is 9.10. The number of carbonyl (C=O) groups is 2. The lowest BCUT2D eigenvalue weighted by atomic mass is 10.0. The Hall–Kier alpha value is -2.95. The second kappa shape index (κ2) is 14.1. The van der Waals surface area contributed by atoms with Crippen LogP contribution in [0.2, 0.25) is 5.02 Å². The molecule has 0 bridgehead atoms. The highest BCUT2D eigenvalue weighted by Crippen LogP contribution is 2.25. The van der Waals surface area contributed by atoms with Crippen LogP contribution in [0, 0.1) is 5.82 Å². The summed E-state index contributed by atoms with van der Waals surface area (Å²) in [5.41, 5.74) is 1.62. The van der Waals surface area contributed by atoms with E-state index in [1.165, 1.54) is 11.0 Å². The fourth-order valence-corrected chi connectivity index (χ4v) is 5.54. The normalized spacial score (nSPS) is 12.8. The van der Waals surface area contributed by atoms with Crippen LogP contribution >= 0.6 is 27.5 Å². The Morgan fingerprint density at radius 1 is 1.02 bits per heavy atom. The molecule has 0 aliphatic heterocycles. The van der Waals surface area contributed by atoms with Crippen LogP contribution in [0.5, 0.6) is 0 Å². The number of hydrogen-bond donors (Lipinski definition) is 1. The van der Waals surface area contributed by atoms with E-state index >= 15 is 0 Å². The van der Waals surface area contributed by atoms with Gasteiger partial charge in [0.25, 0.3) is 0 Å². The van der Waals surface area contributed by atoms with Crippen molar-refractivity contribution in [2.75, 3.05) is 17.1 Å². The first-order valence-electron chi connectivity index (χ1n) is 12.7. The molecule has 2 amide bonds. The van der Waals surface area contributed by atoms with E-state index < -0.39 is 34.3 Å². The van der Waals surface area contributed by atoms with E-state index in [1.807, 2.05) is 68.4 Å². The van der Waals surface area contributed by atoms with Gasteiger partial charge in [-0.25, -0.2) is 12.8 Å². The van der Waals surface area contributed by atoms with E-state index in [-0.39, 0.29) is 35.6 Å². The van der Waals surface area contributed by atoms with Crippen molar-refractivity contribution >= 4 is 55.1 Å². The van der Waals surface area contributed by atoms with Gasteiger partial charge in [0.1, 0.15) is 18.4 Å². The van der Waals surface area contributed by atoms with E-state index in [9.17, 15) is 22.4 Å². The monoisotopic (exact) mass is 651 g/mol. The summed E-state index contributed by atoms with van der Waals surface area (Å²) in [7, 11) is -3.99. The first-order valence-corrected chi connectivity index (χ1v) is 15.7. The van der Waals surface area contributed by atoms with Crippen molar-refractivity contribution < 1.29 is 22.4 Å². The van der Waals surface area contributed by atoms with Gasteiger partial charge in [-0.2, -0.15) is 0 Å². The minimum absolute atomic E-state index is 0.0355. The fourth-order valence-electron chi connectivity index (χ4n) is 4.08. The Morgan fingerprint density at radius 3 is 2.30 bits per heavy atom. The third kappa shape index (κ3) is 8.78. The number of carbonyl (C=O) groups excluding carboxylic acids is 2. The molecule has 3 aromatic rings. The van der Waals surface area contributed by atoms with Crippen LogP contribution in [0.25, 0.3) is 0 Å². The van der Waals surface area contributed by atoms with E-state index in [2.05, 4.69) is 21.2 Å². The highest BCUT2D eigenvalue weighted by Gasteiger charge is 2.33. The number of sulfonamides is 1. The number of halogens is 3. The molecule has 0 unspecified atom stereocenters. The van der Waals surface area contributed by atoms with Crippen LogP contribution in [0.1, 0.15) is 31.4 Å². The first-order chi connectivity index (χ1) is 18.9. The molecule has 0 aliphatic carbocycles. The number of anilines is 1. The van der Waals surface area contributed by atoms with Gasteiger partial charge >= 0.3 is 0 Å². The Labute approximate surface area is 248 Å². The molecule has 0 fully saturated rings. The zero-order valence-electron chi connectivity index (χ0n) is 22.5. The van der Waals surface area contributed by atoms with E-state index in [0.717, 1.165) is 38.3 Å². The molecule has 0 radical (unpaired) electrons. The van der Waals surface area contributed by atoms with Gasteiger partial charge in [-0.15, -0.1) is 0 Å². The summed E-state index contributed by atoms with van der Waals surface area (Å²) in [4.78, 5) is 29.1. The third-order valence-electron chi connectivity index (χ3n) is 6.38. The number of rotatable bonds is 12. The van der Waals surface area contributed by atoms with Gasteiger partial charge in [-0.3, -0.25) is 13.9 Å². The Morgan fingerprint density at radius 2 is 1.70 bits per heavy atom. The number of nitrogens with zero attached hydrogens (tertiary/aromatic N) is 2. The predicted octanol–water partition coefficient (Wildman–Crippen LogP) is 5.56. The molecule has 0 aromatic heterocycles. The molecule has 7 nitrogen and oxygen atoms in total. The maximum Gasteiger partial charge on any atom is 0.244 e. The van der Waals surface area contributed by atoms with Crippen molar-refractivity contribution in [3.63, 3.8) is 0 Å². The molecule has 0 aliphatic rings. The quantitative estimate of drug-likeness (QED) is 0.278. The molecule has 1 N–H and O–H groups in total. The van der Waals surface area contributed by atoms with E-state index in [0.29, 0.717) is 6.42 Å². The predicted molar refractivity (Wildman–Crippen MR) is 160 cm³/mol. The van der Waals surface area contributed by atoms with Crippen molar-refractivity contribution in [1.29, 1.82) is 0 Å². The zero-order valence-corrected chi connectivity index (χ0v) is 25.6. The van der Waals surface area contributed by atoms with Gasteiger partial charge in [-0.1, -0.05) is 76.9 Å². The Balaban J connectivity index is 2.07. The summed E-state index contributed by atoms with van der Waals surface area (Å²) >= 11 is 9.37. The number of nitrogens with one attached hydrogen (secondary N) is 1. The number of benzene rings is 3. The number of hydrogen-bond acceptors (Lipinski definition) is 4. The minimum atomic E-state index is -3.99. The summed E-state index contributed by atoms with van der Waals surface area (Å²) < 4.78 is 41.1. The molecule has 3 aromatic carbocycles. The van der Waals surface area contributed by atoms with Crippen molar-refractivity contribution in [2.24, 2.45) is 0 Å². The summed E-state index contributed by atoms with van der Waals surface area (Å²) in [6, 6.07) is 19.0. The highest BCUT2D eigenvalue weighted by atomic mass is 79.9. The Kier molecular flexibility index (Phi) is 11.1. The SMILES string of the molecule is CC[C@@H](C)NC(=O)[C@H](Cc1ccccc1)N(Cc1cccc(Br)c1)C(=O)CN(c1ccc(F)c(Cl)c1)S(C)(=O)=O. The smallest absolute Gasteiger partial charge is 0.244 e. The van der Waals surface area contributed by atoms with Crippen LogP contribution in [0.3, 0.4) is 0 Å². The lowest BCUT2D eigenvalue weighted by Crippen LogP contribution is -2.54. The standard InChI is InChI=1S/C29H32BrClFN3O4S/c1-4-20(2)33-29(37)27(16-21-9-6-5-7-10-21)34(18-22-11-8-12-23(30)15-22)28(36)19-35(40(3,38)39)24-13-14-26(32)25(31)17-24/h5-15,17,20,27H,4,16,18-19H2,1-3H3,(H,33,37)/t20-,27+/m1/s1. The molecular formula is C29H32BrClFN3O4S. The molecule has 0 heterocycles. The molecule has 0 spiro atoms. The largest absolute Gasteiger partial charge is 0.352 e. The van der Waals surface area contributed by atoms with Gasteiger partial charge in [-0.05, 0) is 54.8 Å². The average Bonchev–Trinajstić information content (AvgIpc) is 2.90. The minimum Gasteiger partial charge on any atom is -0.352 e. The second-order valence-electron chi connectivity index (χ2n) is 9.54. The van der Waals surface area contributed by atoms with Crippen molar-refractivity contribution in [3.8, 4) is 0 Å². The van der Waals surface area contributed by atoms with Crippen molar-refractivity contribution in [2.45, 2.75) is 45.3 Å². The van der Waals surface area contributed by atoms with E-state index in [1.54, 1.807) is 0 Å². The first kappa shape index (κ1) is 31.6. The van der Waals surface area contributed by atoms with Crippen LogP contribution in [-0.4, -0.2) is 50.0 Å². The summed E-state index contributed by atoms with van der Waals surface area (Å²) in [6.45, 7) is 3.25. The van der Waals surface area contributed by atoms with Gasteiger partial charge in [0.05, 0.1) is 17.0 Å². The lowest BCUT2D eigenvalue weighted by Gasteiger charge is -2.34. The average molecular weight is 653 g/mol. The molecule has 0 saturated heterocycles. The van der Waals surface area contributed by atoms with Crippen LogP contribution in [0.4, 0.5) is 10.1 Å². The van der Waals surface area contributed by atoms with E-state index in [4.69, 9.17) is 11.6 Å². The maximum atomic E-state index is 14.0. The molecular weight excluding hydrogens is 621 g/mol. The topological polar surface area (TPSA) is 86.8 Å². The maximum absolute atomic E-state index is 14.0. The zero-order chi connectivity index (χ0) is 29.4. The third-order valence-corrected chi connectivity index (χ3v) is 8.31. The second-order valence-corrected chi connectivity index (χ2v) is 12.8. The summed E-state index contributed by atoms with van der Waals surface area (Å²) in [5.74, 6) is -1.67. The Bertz CT molecular complexity index is 1440. The summed E-state index contributed by atoms with van der Waals surface area (Å²) in [6.07, 6.45) is 1.86. The van der Waals surface area contributed by atoms with Crippen molar-refractivity contribution in [3.05, 3.63) is 99.2 Å². The molecule has 40 heavy (non-hydrogen) atoms. The van der Waals surface area contributed by atoms with Gasteiger partial charge < -0.3 is 10.2 Å². The van der Waals surface area contributed by atoms with Gasteiger partial charge in [0, 0.05) is 23.5 Å². The summed E-state index contributed by atoms with van der Waals surface area (Å²) in [5, 5.41) is 2.70. The lowest BCUT2D eigenvalue weighted by molar-refractivity contribution is -0.140. The molecule has 3 rings (SSSR count). The van der Waals surface area contributed by atoms with Gasteiger partial charge in [0.2, 0.25) is 21.8 Å². The van der Waals surface area contributed by atoms with Crippen LogP contribution < -0.4 is 9.62 Å². The fraction of sp³-hybridized carbons (Fsp3) is 0.310. The van der Waals surface area contributed by atoms with Crippen molar-refractivity contribution in [1.82, 2.24) is 10.2 Å². The van der Waals surface area contributed by atoms with Gasteiger partial charge in [0.15, 0.2) is 0 Å². The molecule has 214 valence electrons. The van der Waals surface area contributed by atoms with Crippen LogP contribution in [0.15, 0.2) is 77.3 Å². The molecule has 11 heteroatoms. The molecule has 2 atom stereocenters. The van der Waals surface area contributed by atoms with Crippen LogP contribution in [-0.2, 0) is 32.6 Å². The molecule has 0 saturated carbocycles. The number of amides is 2.